The van der Waals surface area contributed by atoms with Crippen molar-refractivity contribution in [2.75, 3.05) is 0 Å². The van der Waals surface area contributed by atoms with Gasteiger partial charge in [0, 0.05) is 15.7 Å². The molecule has 0 aromatic heterocycles. The summed E-state index contributed by atoms with van der Waals surface area (Å²) in [5.74, 6) is -0.709. The Morgan fingerprint density at radius 3 is 2.04 bits per heavy atom. The molecule has 3 aromatic carbocycles. The number of hydrogen-bond donors (Lipinski definition) is 2. The molecule has 6 nitrogen and oxygen atoms in total. The summed E-state index contributed by atoms with van der Waals surface area (Å²) in [5.41, 5.74) is 0. The highest BCUT2D eigenvalue weighted by Gasteiger charge is 2.28. The summed E-state index contributed by atoms with van der Waals surface area (Å²) in [6, 6.07) is 14.6. The van der Waals surface area contributed by atoms with Gasteiger partial charge >= 0.3 is 0 Å². The lowest BCUT2D eigenvalue weighted by atomic mass is 10.1. The molecule has 0 saturated carbocycles. The van der Waals surface area contributed by atoms with Gasteiger partial charge in [0.25, 0.3) is 11.9 Å². The second kappa shape index (κ2) is 6.50. The van der Waals surface area contributed by atoms with Crippen molar-refractivity contribution in [1.82, 2.24) is 0 Å². The number of fused-ring (bicyclic) bond motifs is 1. The molecule has 0 spiro atoms. The Morgan fingerprint density at radius 2 is 1.46 bits per heavy atom. The highest BCUT2D eigenvalue weighted by atomic mass is 32.2. The van der Waals surface area contributed by atoms with Crippen LogP contribution in [0.1, 0.15) is 0 Å². The summed E-state index contributed by atoms with van der Waals surface area (Å²) in [5, 5.41) is 32.5. The Balaban J connectivity index is 2.34. The van der Waals surface area contributed by atoms with Crippen LogP contribution >= 0.6 is 11.9 Å². The van der Waals surface area contributed by atoms with Crippen LogP contribution in [0, 0.1) is 10.1 Å². The molecule has 8 heteroatoms. The molecule has 0 radical (unpaired) electrons. The lowest BCUT2D eigenvalue weighted by Crippen LogP contribution is -1.99. The fourth-order valence-electron chi connectivity index (χ4n) is 2.35. The first kappa shape index (κ1) is 16.3. The Hall–Kier alpha value is -2.58. The maximum atomic E-state index is 12.9. The van der Waals surface area contributed by atoms with Crippen molar-refractivity contribution < 1.29 is 18.8 Å². The number of aromatic hydroxyl groups is 2. The summed E-state index contributed by atoms with van der Waals surface area (Å²) in [7, 11) is -1.89. The van der Waals surface area contributed by atoms with Gasteiger partial charge < -0.3 is 10.2 Å². The van der Waals surface area contributed by atoms with Crippen LogP contribution in [0.25, 0.3) is 10.8 Å². The minimum atomic E-state index is -1.89. The predicted molar refractivity (Wildman–Crippen MR) is 91.2 cm³/mol. The molecule has 0 aliphatic rings. The molecule has 0 saturated heterocycles. The highest BCUT2D eigenvalue weighted by Crippen LogP contribution is 2.47. The van der Waals surface area contributed by atoms with Gasteiger partial charge in [0.15, 0.2) is 0 Å². The van der Waals surface area contributed by atoms with Crippen molar-refractivity contribution in [3.05, 3.63) is 64.7 Å². The first-order valence-electron chi connectivity index (χ1n) is 6.76. The standard InChI is InChI=1S/C16H11NO5S2/c18-13-11-8-4-5-9-12(11)14(19)16(15(13)23-17(20)21)24(22)10-6-2-1-3-7-10/h1-9,18-19H. The first-order valence-corrected chi connectivity index (χ1v) is 8.69. The fourth-order valence-corrected chi connectivity index (χ4v) is 4.40. The monoisotopic (exact) mass is 361 g/mol. The van der Waals surface area contributed by atoms with Crippen LogP contribution in [0.4, 0.5) is 0 Å². The molecule has 0 aliphatic carbocycles. The minimum absolute atomic E-state index is 0.123. The Morgan fingerprint density at radius 1 is 0.917 bits per heavy atom. The van der Waals surface area contributed by atoms with Gasteiger partial charge in [-0.25, -0.2) is 4.21 Å². The van der Waals surface area contributed by atoms with Gasteiger partial charge in [-0.1, -0.05) is 42.5 Å². The van der Waals surface area contributed by atoms with Gasteiger partial charge in [-0.3, -0.25) is 10.1 Å². The summed E-state index contributed by atoms with van der Waals surface area (Å²) >= 11 is 0.123. The molecule has 1 unspecified atom stereocenters. The van der Waals surface area contributed by atoms with Crippen LogP contribution in [0.3, 0.4) is 0 Å². The topological polar surface area (TPSA) is 101 Å². The zero-order valence-corrected chi connectivity index (χ0v) is 13.7. The van der Waals surface area contributed by atoms with Crippen molar-refractivity contribution in [3.8, 4) is 11.5 Å². The van der Waals surface area contributed by atoms with Crippen molar-refractivity contribution in [3.63, 3.8) is 0 Å². The first-order chi connectivity index (χ1) is 11.5. The lowest BCUT2D eigenvalue weighted by molar-refractivity contribution is -0.284. The summed E-state index contributed by atoms with van der Waals surface area (Å²) < 4.78 is 12.2. The van der Waals surface area contributed by atoms with E-state index in [1.807, 2.05) is 0 Å². The van der Waals surface area contributed by atoms with Gasteiger partial charge in [0.1, 0.15) is 25.6 Å². The third kappa shape index (κ3) is 2.81. The number of nitrogens with zero attached hydrogens (tertiary/aromatic N) is 1. The largest absolute Gasteiger partial charge is 0.506 e. The maximum absolute atomic E-state index is 12.9. The smallest absolute Gasteiger partial charge is 0.271 e. The van der Waals surface area contributed by atoms with E-state index >= 15 is 0 Å². The number of rotatable bonds is 4. The molecular formula is C16H11NO5S2. The molecule has 0 amide bonds. The molecule has 0 heterocycles. The zero-order valence-electron chi connectivity index (χ0n) is 12.1. The van der Waals surface area contributed by atoms with Crippen molar-refractivity contribution >= 4 is 33.5 Å². The summed E-state index contributed by atoms with van der Waals surface area (Å²) in [4.78, 5) is 10.9. The number of hydrogen-bond acceptors (Lipinski definition) is 6. The van der Waals surface area contributed by atoms with E-state index in [2.05, 4.69) is 0 Å². The van der Waals surface area contributed by atoms with Crippen LogP contribution in [-0.4, -0.2) is 18.8 Å². The second-order valence-electron chi connectivity index (χ2n) is 4.80. The van der Waals surface area contributed by atoms with Crippen LogP contribution < -0.4 is 0 Å². The number of nitro groups is 1. The predicted octanol–water partition coefficient (Wildman–Crippen LogP) is 3.70. The third-order valence-corrected chi connectivity index (χ3v) is 5.71. The Kier molecular flexibility index (Phi) is 4.41. The summed E-state index contributed by atoms with van der Waals surface area (Å²) in [6.45, 7) is 0. The molecule has 0 fully saturated rings. The van der Waals surface area contributed by atoms with E-state index in [1.165, 1.54) is 6.07 Å². The molecule has 3 rings (SSSR count). The average molecular weight is 361 g/mol. The Labute approximate surface area is 143 Å². The number of benzene rings is 3. The SMILES string of the molecule is O=[N+]([O-])Sc1c(S(=O)c2ccccc2)c(O)c2ccccc2c1O. The normalized spacial score (nSPS) is 12.2. The quantitative estimate of drug-likeness (QED) is 0.318. The molecule has 1 atom stereocenters. The Bertz CT molecular complexity index is 960. The average Bonchev–Trinajstić information content (AvgIpc) is 2.59. The van der Waals surface area contributed by atoms with E-state index in [0.717, 1.165) is 0 Å². The fraction of sp³-hybridized carbons (Fsp3) is 0. The van der Waals surface area contributed by atoms with Crippen molar-refractivity contribution in [2.45, 2.75) is 14.7 Å². The van der Waals surface area contributed by atoms with Gasteiger partial charge in [0.2, 0.25) is 0 Å². The molecule has 24 heavy (non-hydrogen) atoms. The molecule has 0 bridgehead atoms. The van der Waals surface area contributed by atoms with Crippen molar-refractivity contribution in [1.29, 1.82) is 0 Å². The molecule has 3 aromatic rings. The van der Waals surface area contributed by atoms with Crippen LogP contribution in [-0.2, 0) is 10.8 Å². The van der Waals surface area contributed by atoms with Gasteiger partial charge in [-0.15, -0.1) is 0 Å². The highest BCUT2D eigenvalue weighted by molar-refractivity contribution is 7.94. The van der Waals surface area contributed by atoms with Crippen molar-refractivity contribution in [2.24, 2.45) is 0 Å². The third-order valence-electron chi connectivity index (χ3n) is 3.38. The van der Waals surface area contributed by atoms with Crippen LogP contribution in [0.2, 0.25) is 0 Å². The van der Waals surface area contributed by atoms with Crippen LogP contribution in [0.5, 0.6) is 11.5 Å². The minimum Gasteiger partial charge on any atom is -0.506 e. The molecule has 2 N–H and O–H groups in total. The van der Waals surface area contributed by atoms with Gasteiger partial charge in [-0.2, -0.15) is 0 Å². The lowest BCUT2D eigenvalue weighted by Gasteiger charge is -2.13. The van der Waals surface area contributed by atoms with E-state index in [-0.39, 0.29) is 44.0 Å². The van der Waals surface area contributed by atoms with Gasteiger partial charge in [-0.05, 0) is 12.1 Å². The van der Waals surface area contributed by atoms with E-state index < -0.39 is 15.1 Å². The van der Waals surface area contributed by atoms with E-state index in [0.29, 0.717) is 4.90 Å². The van der Waals surface area contributed by atoms with E-state index in [9.17, 15) is 24.5 Å². The number of phenolic OH excluding ortho intramolecular Hbond substituents is 2. The summed E-state index contributed by atoms with van der Waals surface area (Å²) in [6.07, 6.45) is 0. The maximum Gasteiger partial charge on any atom is 0.271 e. The second-order valence-corrected chi connectivity index (χ2v) is 7.10. The zero-order chi connectivity index (χ0) is 17.3. The molecule has 0 aliphatic heterocycles. The van der Waals surface area contributed by atoms with Gasteiger partial charge in [0.05, 0.1) is 10.8 Å². The molecular weight excluding hydrogens is 350 g/mol. The van der Waals surface area contributed by atoms with E-state index in [4.69, 9.17) is 0 Å². The molecule has 122 valence electrons. The van der Waals surface area contributed by atoms with E-state index in [1.54, 1.807) is 48.5 Å². The van der Waals surface area contributed by atoms with Crippen LogP contribution in [0.15, 0.2) is 69.3 Å². The number of phenols is 2.